The van der Waals surface area contributed by atoms with Crippen molar-refractivity contribution >= 4 is 46.4 Å². The second-order valence-corrected chi connectivity index (χ2v) is 11.4. The first-order valence-electron chi connectivity index (χ1n) is 11.5. The van der Waals surface area contributed by atoms with E-state index in [1.165, 1.54) is 11.3 Å². The first-order valence-corrected chi connectivity index (χ1v) is 13.1. The average molecular weight is 535 g/mol. The summed E-state index contributed by atoms with van der Waals surface area (Å²) >= 11 is 13.9. The van der Waals surface area contributed by atoms with Gasteiger partial charge in [-0.25, -0.2) is 15.0 Å². The largest absolute Gasteiger partial charge is 0.373 e. The summed E-state index contributed by atoms with van der Waals surface area (Å²) in [6.07, 6.45) is 1.56. The van der Waals surface area contributed by atoms with Crippen molar-refractivity contribution in [2.45, 2.75) is 58.3 Å². The van der Waals surface area contributed by atoms with Crippen LogP contribution in [0.2, 0.25) is 10.0 Å². The predicted molar refractivity (Wildman–Crippen MR) is 141 cm³/mol. The number of hydrogen-bond acceptors (Lipinski definition) is 7. The van der Waals surface area contributed by atoms with Crippen LogP contribution in [0.4, 0.5) is 5.95 Å². The van der Waals surface area contributed by atoms with E-state index < -0.39 is 5.92 Å². The zero-order chi connectivity index (χ0) is 25.3. The summed E-state index contributed by atoms with van der Waals surface area (Å²) in [6.45, 7) is 10.6. The Labute approximate surface area is 219 Å². The number of anilines is 1. The van der Waals surface area contributed by atoms with Crippen LogP contribution >= 0.6 is 34.5 Å². The van der Waals surface area contributed by atoms with Gasteiger partial charge in [-0.2, -0.15) is 0 Å². The van der Waals surface area contributed by atoms with E-state index in [0.717, 1.165) is 16.3 Å². The lowest BCUT2D eigenvalue weighted by atomic mass is 9.88. The molecule has 3 heterocycles. The maximum atomic E-state index is 12.7. The minimum absolute atomic E-state index is 0.0208. The van der Waals surface area contributed by atoms with Crippen LogP contribution in [0, 0.1) is 5.92 Å². The maximum Gasteiger partial charge on any atom is 0.229 e. The fourth-order valence-electron chi connectivity index (χ4n) is 4.25. The Morgan fingerprint density at radius 1 is 1.20 bits per heavy atom. The van der Waals surface area contributed by atoms with Gasteiger partial charge in [0, 0.05) is 34.6 Å². The van der Waals surface area contributed by atoms with Crippen molar-refractivity contribution in [3.8, 4) is 11.3 Å². The van der Waals surface area contributed by atoms with Crippen LogP contribution < -0.4 is 10.6 Å². The van der Waals surface area contributed by atoms with Crippen LogP contribution in [0.1, 0.15) is 57.3 Å². The van der Waals surface area contributed by atoms with Gasteiger partial charge in [-0.05, 0) is 58.9 Å². The number of amides is 1. The topological polar surface area (TPSA) is 89.0 Å². The first-order chi connectivity index (χ1) is 16.5. The molecule has 1 fully saturated rings. The van der Waals surface area contributed by atoms with Gasteiger partial charge in [0.1, 0.15) is 5.01 Å². The molecular formula is C25H29Cl2N5O2S. The van der Waals surface area contributed by atoms with Crippen molar-refractivity contribution in [2.24, 2.45) is 5.92 Å². The zero-order valence-corrected chi connectivity index (χ0v) is 22.6. The van der Waals surface area contributed by atoms with E-state index in [1.54, 1.807) is 24.4 Å². The Hall–Kier alpha value is -2.26. The standard InChI is InChI=1S/C25H29Cl2N5O2S/c1-13(23-31-20(12-35-23)16-7-6-15(26)10-18(16)27)30-24-28-9-8-19(32-24)21-17(11-29-22(21)33)14(2)34-25(3,4)5/h6-10,12-14,17,21H,11H2,1-5H3,(H,29,33)(H,28,30,32)/t13-,14+,17?,21+/m0/s1. The molecule has 4 atom stereocenters. The van der Waals surface area contributed by atoms with Crippen molar-refractivity contribution in [3.05, 3.63) is 56.6 Å². The highest BCUT2D eigenvalue weighted by Gasteiger charge is 2.41. The van der Waals surface area contributed by atoms with Crippen molar-refractivity contribution < 1.29 is 9.53 Å². The second-order valence-electron chi connectivity index (χ2n) is 9.69. The number of hydrogen-bond donors (Lipinski definition) is 2. The zero-order valence-electron chi connectivity index (χ0n) is 20.3. The summed E-state index contributed by atoms with van der Waals surface area (Å²) < 4.78 is 6.15. The Morgan fingerprint density at radius 2 is 1.97 bits per heavy atom. The molecule has 0 aliphatic carbocycles. The van der Waals surface area contributed by atoms with Crippen LogP contribution in [0.15, 0.2) is 35.8 Å². The Balaban J connectivity index is 1.50. The maximum absolute atomic E-state index is 12.7. The number of ether oxygens (including phenoxy) is 1. The minimum Gasteiger partial charge on any atom is -0.373 e. The Morgan fingerprint density at radius 3 is 2.69 bits per heavy atom. The van der Waals surface area contributed by atoms with Crippen LogP contribution in [-0.4, -0.2) is 39.1 Å². The predicted octanol–water partition coefficient (Wildman–Crippen LogP) is 6.11. The molecule has 2 aromatic heterocycles. The van der Waals surface area contributed by atoms with Gasteiger partial charge >= 0.3 is 0 Å². The lowest BCUT2D eigenvalue weighted by molar-refractivity contribution is -0.122. The van der Waals surface area contributed by atoms with Gasteiger partial charge in [-0.3, -0.25) is 4.79 Å². The van der Waals surface area contributed by atoms with Gasteiger partial charge in [0.25, 0.3) is 0 Å². The van der Waals surface area contributed by atoms with Gasteiger partial charge in [0.15, 0.2) is 0 Å². The van der Waals surface area contributed by atoms with Crippen molar-refractivity contribution in [1.29, 1.82) is 0 Å². The van der Waals surface area contributed by atoms with Gasteiger partial charge in [-0.15, -0.1) is 11.3 Å². The molecule has 1 aliphatic rings. The molecule has 2 N–H and O–H groups in total. The molecule has 1 unspecified atom stereocenters. The third-order valence-electron chi connectivity index (χ3n) is 5.81. The van der Waals surface area contributed by atoms with E-state index >= 15 is 0 Å². The summed E-state index contributed by atoms with van der Waals surface area (Å²) in [4.78, 5) is 26.5. The first kappa shape index (κ1) is 25.8. The summed E-state index contributed by atoms with van der Waals surface area (Å²) in [5.74, 6) is -0.0159. The quantitative estimate of drug-likeness (QED) is 0.380. The molecule has 0 radical (unpaired) electrons. The van der Waals surface area contributed by atoms with Crippen LogP contribution in [0.5, 0.6) is 0 Å². The van der Waals surface area contributed by atoms with Gasteiger partial charge in [0.2, 0.25) is 11.9 Å². The Kier molecular flexibility index (Phi) is 7.66. The molecular weight excluding hydrogens is 505 g/mol. The molecule has 7 nitrogen and oxygen atoms in total. The number of benzene rings is 1. The molecule has 1 aliphatic heterocycles. The smallest absolute Gasteiger partial charge is 0.229 e. The minimum atomic E-state index is -0.398. The fraction of sp³-hybridized carbons (Fsp3) is 0.440. The van der Waals surface area contributed by atoms with E-state index in [-0.39, 0.29) is 29.6 Å². The monoisotopic (exact) mass is 533 g/mol. The highest BCUT2D eigenvalue weighted by molar-refractivity contribution is 7.10. The number of thiazole rings is 1. The van der Waals surface area contributed by atoms with E-state index in [1.807, 2.05) is 46.1 Å². The lowest BCUT2D eigenvalue weighted by Gasteiger charge is -2.30. The third kappa shape index (κ3) is 6.12. The van der Waals surface area contributed by atoms with Crippen molar-refractivity contribution in [2.75, 3.05) is 11.9 Å². The molecule has 35 heavy (non-hydrogen) atoms. The average Bonchev–Trinajstić information content (AvgIpc) is 3.40. The van der Waals surface area contributed by atoms with E-state index in [9.17, 15) is 4.79 Å². The second kappa shape index (κ2) is 10.4. The molecule has 1 aromatic carbocycles. The summed E-state index contributed by atoms with van der Waals surface area (Å²) in [5, 5.41) is 10.3. The number of rotatable bonds is 7. The van der Waals surface area contributed by atoms with E-state index in [0.29, 0.717) is 28.2 Å². The number of halogens is 2. The lowest BCUT2D eigenvalue weighted by Crippen LogP contribution is -2.34. The summed E-state index contributed by atoms with van der Waals surface area (Å²) in [7, 11) is 0. The highest BCUT2D eigenvalue weighted by Crippen LogP contribution is 2.35. The molecule has 10 heteroatoms. The molecule has 0 spiro atoms. The SMILES string of the molecule is C[C@H](Nc1nccc([C@@H]2C(=O)NCC2[C@@H](C)OC(C)(C)C)n1)c1nc(-c2ccc(Cl)cc2Cl)cs1. The van der Waals surface area contributed by atoms with Gasteiger partial charge in [-0.1, -0.05) is 23.2 Å². The number of carbonyl (C=O) groups excluding carboxylic acids is 1. The molecule has 0 saturated carbocycles. The van der Waals surface area contributed by atoms with Crippen LogP contribution in [0.25, 0.3) is 11.3 Å². The summed E-state index contributed by atoms with van der Waals surface area (Å²) in [5.41, 5.74) is 1.99. The van der Waals surface area contributed by atoms with Gasteiger partial charge < -0.3 is 15.4 Å². The van der Waals surface area contributed by atoms with Crippen LogP contribution in [0.3, 0.4) is 0 Å². The van der Waals surface area contributed by atoms with Gasteiger partial charge in [0.05, 0.1) is 40.1 Å². The fourth-order valence-corrected chi connectivity index (χ4v) is 5.59. The number of carbonyl (C=O) groups is 1. The van der Waals surface area contributed by atoms with E-state index in [4.69, 9.17) is 37.9 Å². The normalized spacial score (nSPS) is 19.9. The molecule has 186 valence electrons. The van der Waals surface area contributed by atoms with Crippen molar-refractivity contribution in [1.82, 2.24) is 20.3 Å². The number of aromatic nitrogens is 3. The third-order valence-corrected chi connectivity index (χ3v) is 7.38. The Bertz CT molecular complexity index is 1210. The molecule has 1 saturated heterocycles. The molecule has 4 rings (SSSR count). The molecule has 1 amide bonds. The highest BCUT2D eigenvalue weighted by atomic mass is 35.5. The number of nitrogens with one attached hydrogen (secondary N) is 2. The molecule has 3 aromatic rings. The number of nitrogens with zero attached hydrogens (tertiary/aromatic N) is 3. The van der Waals surface area contributed by atoms with Crippen LogP contribution in [-0.2, 0) is 9.53 Å². The van der Waals surface area contributed by atoms with E-state index in [2.05, 4.69) is 15.6 Å². The molecule has 0 bridgehead atoms. The van der Waals surface area contributed by atoms with Crippen molar-refractivity contribution in [3.63, 3.8) is 0 Å². The summed E-state index contributed by atoms with van der Waals surface area (Å²) in [6, 6.07) is 7.01.